The first-order chi connectivity index (χ1) is 12.1. The quantitative estimate of drug-likeness (QED) is 0.672. The number of carboxylic acid groups (broad SMARTS) is 1. The van der Waals surface area contributed by atoms with Crippen LogP contribution >= 0.6 is 0 Å². The summed E-state index contributed by atoms with van der Waals surface area (Å²) in [5.74, 6) is -2.13. The molecule has 0 aromatic heterocycles. The Balaban J connectivity index is 2.52. The van der Waals surface area contributed by atoms with E-state index < -0.39 is 23.6 Å². The number of nitrogens with one attached hydrogen (secondary N) is 1. The molecule has 0 heterocycles. The van der Waals surface area contributed by atoms with Crippen LogP contribution in [0.25, 0.3) is 0 Å². The number of aliphatic carboxylic acids is 1. The highest BCUT2D eigenvalue weighted by Gasteiger charge is 2.34. The van der Waals surface area contributed by atoms with Gasteiger partial charge < -0.3 is 20.1 Å². The predicted octanol–water partition coefficient (Wildman–Crippen LogP) is 3.03. The first-order valence-electron chi connectivity index (χ1n) is 9.58. The van der Waals surface area contributed by atoms with Crippen molar-refractivity contribution in [2.75, 3.05) is 13.1 Å². The van der Waals surface area contributed by atoms with E-state index in [1.54, 1.807) is 4.90 Å². The van der Waals surface area contributed by atoms with E-state index >= 15 is 0 Å². The van der Waals surface area contributed by atoms with Crippen molar-refractivity contribution >= 4 is 18.0 Å². The van der Waals surface area contributed by atoms with Gasteiger partial charge in [0.05, 0.1) is 0 Å². The Morgan fingerprint density at radius 2 is 1.65 bits per heavy atom. The Labute approximate surface area is 156 Å². The summed E-state index contributed by atoms with van der Waals surface area (Å²) in [6.45, 7) is 10.2. The Morgan fingerprint density at radius 1 is 1.12 bits per heavy atom. The van der Waals surface area contributed by atoms with E-state index in [1.807, 2.05) is 34.6 Å². The molecule has 1 aliphatic rings. The van der Waals surface area contributed by atoms with Gasteiger partial charge in [-0.1, -0.05) is 0 Å². The highest BCUT2D eigenvalue weighted by molar-refractivity contribution is 5.96. The van der Waals surface area contributed by atoms with Crippen LogP contribution in [0.5, 0.6) is 0 Å². The third kappa shape index (κ3) is 7.22. The third-order valence-corrected chi connectivity index (χ3v) is 4.81. The Bertz CT molecular complexity index is 489. The molecule has 1 unspecified atom stereocenters. The molecule has 7 heteroatoms. The number of carboxylic acids is 1. The molecule has 0 bridgehead atoms. The lowest BCUT2D eigenvalue weighted by Gasteiger charge is -2.32. The second-order valence-corrected chi connectivity index (χ2v) is 8.00. The molecule has 0 radical (unpaired) electrons. The number of amides is 2. The molecule has 26 heavy (non-hydrogen) atoms. The van der Waals surface area contributed by atoms with Gasteiger partial charge in [0.15, 0.2) is 0 Å². The molecular weight excluding hydrogens is 336 g/mol. The molecule has 1 saturated carbocycles. The van der Waals surface area contributed by atoms with Gasteiger partial charge >= 0.3 is 12.1 Å². The summed E-state index contributed by atoms with van der Waals surface area (Å²) in [5, 5.41) is 12.4. The van der Waals surface area contributed by atoms with Crippen molar-refractivity contribution in [3.63, 3.8) is 0 Å². The summed E-state index contributed by atoms with van der Waals surface area (Å²) >= 11 is 0. The molecule has 150 valence electrons. The fourth-order valence-corrected chi connectivity index (χ4v) is 3.41. The summed E-state index contributed by atoms with van der Waals surface area (Å²) in [6, 6.07) is 0.0443. The number of carbonyl (C=O) groups is 3. The van der Waals surface area contributed by atoms with Crippen LogP contribution in [0.4, 0.5) is 4.79 Å². The van der Waals surface area contributed by atoms with Crippen LogP contribution in [0.1, 0.15) is 66.7 Å². The summed E-state index contributed by atoms with van der Waals surface area (Å²) in [6.07, 6.45) is 3.10. The highest BCUT2D eigenvalue weighted by atomic mass is 16.6. The highest BCUT2D eigenvalue weighted by Crippen LogP contribution is 2.30. The Hall–Kier alpha value is -1.79. The lowest BCUT2D eigenvalue weighted by molar-refractivity contribution is -0.152. The molecule has 0 spiro atoms. The van der Waals surface area contributed by atoms with Crippen molar-refractivity contribution in [1.29, 1.82) is 0 Å². The summed E-state index contributed by atoms with van der Waals surface area (Å²) in [4.78, 5) is 37.4. The first kappa shape index (κ1) is 22.3. The lowest BCUT2D eigenvalue weighted by atomic mass is 9.80. The van der Waals surface area contributed by atoms with E-state index in [0.29, 0.717) is 19.5 Å². The zero-order valence-electron chi connectivity index (χ0n) is 16.7. The van der Waals surface area contributed by atoms with Gasteiger partial charge in [-0.2, -0.15) is 0 Å². The van der Waals surface area contributed by atoms with Crippen molar-refractivity contribution in [3.05, 3.63) is 0 Å². The first-order valence-corrected chi connectivity index (χ1v) is 9.58. The maximum Gasteiger partial charge on any atom is 0.407 e. The topological polar surface area (TPSA) is 95.9 Å². The standard InChI is InChI=1S/C19H34N2O5/c1-6-21(7-2)16(22)15(17(23)24)12-13-8-10-14(11-9-13)20-18(25)26-19(3,4)5/h13-15H,6-12H2,1-5H3,(H,20,25)(H,23,24)/t13-,14-,15?. The van der Waals surface area contributed by atoms with Crippen LogP contribution in [0.3, 0.4) is 0 Å². The van der Waals surface area contributed by atoms with Crippen LogP contribution in [-0.2, 0) is 14.3 Å². The largest absolute Gasteiger partial charge is 0.481 e. The van der Waals surface area contributed by atoms with E-state index in [4.69, 9.17) is 4.74 Å². The SMILES string of the molecule is CCN(CC)C(=O)C(C[C@H]1CC[C@H](NC(=O)OC(C)(C)C)CC1)C(=O)O. The number of alkyl carbamates (subject to hydrolysis) is 1. The van der Waals surface area contributed by atoms with E-state index in [1.165, 1.54) is 0 Å². The van der Waals surface area contributed by atoms with Crippen LogP contribution < -0.4 is 5.32 Å². The molecule has 0 saturated heterocycles. The summed E-state index contributed by atoms with van der Waals surface area (Å²) in [7, 11) is 0. The second kappa shape index (κ2) is 9.78. The van der Waals surface area contributed by atoms with Gasteiger partial charge in [-0.25, -0.2) is 4.79 Å². The average molecular weight is 370 g/mol. The van der Waals surface area contributed by atoms with E-state index in [9.17, 15) is 19.5 Å². The van der Waals surface area contributed by atoms with Crippen molar-refractivity contribution in [1.82, 2.24) is 10.2 Å². The molecule has 2 N–H and O–H groups in total. The maximum absolute atomic E-state index is 12.4. The molecule has 1 rings (SSSR count). The van der Waals surface area contributed by atoms with E-state index in [2.05, 4.69) is 5.32 Å². The van der Waals surface area contributed by atoms with Crippen LogP contribution in [0.2, 0.25) is 0 Å². The predicted molar refractivity (Wildman–Crippen MR) is 98.8 cm³/mol. The minimum Gasteiger partial charge on any atom is -0.481 e. The number of nitrogens with zero attached hydrogens (tertiary/aromatic N) is 1. The molecule has 7 nitrogen and oxygen atoms in total. The van der Waals surface area contributed by atoms with Crippen molar-refractivity contribution in [2.45, 2.75) is 78.4 Å². The smallest absolute Gasteiger partial charge is 0.407 e. The van der Waals surface area contributed by atoms with E-state index in [0.717, 1.165) is 25.7 Å². The molecule has 2 amide bonds. The van der Waals surface area contributed by atoms with Gasteiger partial charge in [0.2, 0.25) is 5.91 Å². The minimum atomic E-state index is -1.05. The second-order valence-electron chi connectivity index (χ2n) is 8.00. The fraction of sp³-hybridized carbons (Fsp3) is 0.842. The molecule has 1 aliphatic carbocycles. The molecule has 0 aromatic rings. The summed E-state index contributed by atoms with van der Waals surface area (Å²) in [5.41, 5.74) is -0.527. The number of rotatable bonds is 7. The number of carbonyl (C=O) groups excluding carboxylic acids is 2. The number of ether oxygens (including phenoxy) is 1. The monoisotopic (exact) mass is 370 g/mol. The lowest BCUT2D eigenvalue weighted by Crippen LogP contribution is -2.42. The number of hydrogen-bond acceptors (Lipinski definition) is 4. The molecular formula is C19H34N2O5. The van der Waals surface area contributed by atoms with Gasteiger partial charge in [-0.05, 0) is 72.6 Å². The van der Waals surface area contributed by atoms with Crippen LogP contribution in [-0.4, -0.2) is 52.7 Å². The van der Waals surface area contributed by atoms with E-state index in [-0.39, 0.29) is 17.9 Å². The van der Waals surface area contributed by atoms with Crippen molar-refractivity contribution in [2.24, 2.45) is 11.8 Å². The molecule has 0 aliphatic heterocycles. The fourth-order valence-electron chi connectivity index (χ4n) is 3.41. The normalized spacial score (nSPS) is 21.6. The maximum atomic E-state index is 12.4. The van der Waals surface area contributed by atoms with Crippen molar-refractivity contribution in [3.8, 4) is 0 Å². The molecule has 1 atom stereocenters. The van der Waals surface area contributed by atoms with Gasteiger partial charge in [0, 0.05) is 19.1 Å². The summed E-state index contributed by atoms with van der Waals surface area (Å²) < 4.78 is 5.27. The van der Waals surface area contributed by atoms with Gasteiger partial charge in [-0.15, -0.1) is 0 Å². The molecule has 1 fully saturated rings. The van der Waals surface area contributed by atoms with Gasteiger partial charge in [0.25, 0.3) is 0 Å². The Morgan fingerprint density at radius 3 is 2.08 bits per heavy atom. The minimum absolute atomic E-state index is 0.0443. The zero-order chi connectivity index (χ0) is 19.9. The van der Waals surface area contributed by atoms with Gasteiger partial charge in [0.1, 0.15) is 11.5 Å². The average Bonchev–Trinajstić information content (AvgIpc) is 2.53. The zero-order valence-corrected chi connectivity index (χ0v) is 16.7. The van der Waals surface area contributed by atoms with Crippen LogP contribution in [0.15, 0.2) is 0 Å². The van der Waals surface area contributed by atoms with Crippen LogP contribution in [0, 0.1) is 11.8 Å². The number of hydrogen-bond donors (Lipinski definition) is 2. The molecule has 0 aromatic carbocycles. The third-order valence-electron chi connectivity index (χ3n) is 4.81. The van der Waals surface area contributed by atoms with Crippen molar-refractivity contribution < 1.29 is 24.2 Å². The van der Waals surface area contributed by atoms with Gasteiger partial charge in [-0.3, -0.25) is 9.59 Å². The Kier molecular flexibility index (Phi) is 8.37.